The average molecular weight is 323 g/mol. The average Bonchev–Trinajstić information content (AvgIpc) is 2.37. The third kappa shape index (κ3) is 9.16. The van der Waals surface area contributed by atoms with Gasteiger partial charge in [0.1, 0.15) is 0 Å². The molecule has 0 aromatic heterocycles. The second-order valence-corrected chi connectivity index (χ2v) is 5.35. The van der Waals surface area contributed by atoms with Crippen LogP contribution in [0.2, 0.25) is 5.02 Å². The Labute approximate surface area is 130 Å². The van der Waals surface area contributed by atoms with Crippen molar-refractivity contribution in [1.29, 1.82) is 0 Å². The zero-order valence-corrected chi connectivity index (χ0v) is 13.3. The number of halogens is 2. The molecule has 0 unspecified atom stereocenters. The smallest absolute Gasteiger partial charge is 0.230 e. The molecular weight excluding hydrogens is 303 g/mol. The van der Waals surface area contributed by atoms with E-state index in [1.807, 2.05) is 31.3 Å². The molecule has 0 heterocycles. The van der Waals surface area contributed by atoms with Gasteiger partial charge in [-0.05, 0) is 37.7 Å². The van der Waals surface area contributed by atoms with E-state index in [-0.39, 0.29) is 18.3 Å². The lowest BCUT2D eigenvalue weighted by molar-refractivity contribution is -0.118. The van der Waals surface area contributed by atoms with Crippen LogP contribution >= 0.6 is 35.8 Å². The maximum Gasteiger partial charge on any atom is 0.230 e. The van der Waals surface area contributed by atoms with Crippen molar-refractivity contribution in [1.82, 2.24) is 10.6 Å². The number of hydrogen-bond acceptors (Lipinski definition) is 3. The molecule has 0 bridgehead atoms. The summed E-state index contributed by atoms with van der Waals surface area (Å²) >= 11 is 7.42. The van der Waals surface area contributed by atoms with Crippen LogP contribution in [-0.4, -0.2) is 31.8 Å². The van der Waals surface area contributed by atoms with Gasteiger partial charge in [-0.3, -0.25) is 4.79 Å². The number of carbonyl (C=O) groups is 1. The standard InChI is InChI=1S/C13H19ClN2OS.ClH/c1-15-7-2-8-16-13(17)10-18-9-11-3-5-12(14)6-4-11;/h3-6,15H,2,7-10H2,1H3,(H,16,17);1H. The van der Waals surface area contributed by atoms with Crippen LogP contribution in [0.1, 0.15) is 12.0 Å². The molecule has 0 atom stereocenters. The highest BCUT2D eigenvalue weighted by Crippen LogP contribution is 2.15. The first kappa shape index (κ1) is 18.6. The van der Waals surface area contributed by atoms with E-state index in [9.17, 15) is 4.79 Å². The van der Waals surface area contributed by atoms with Crippen molar-refractivity contribution in [3.63, 3.8) is 0 Å². The summed E-state index contributed by atoms with van der Waals surface area (Å²) in [6, 6.07) is 7.71. The maximum absolute atomic E-state index is 11.5. The molecule has 1 aromatic rings. The Balaban J connectivity index is 0.00000324. The second-order valence-electron chi connectivity index (χ2n) is 3.93. The summed E-state index contributed by atoms with van der Waals surface area (Å²) in [5, 5.41) is 6.68. The lowest BCUT2D eigenvalue weighted by Crippen LogP contribution is -2.28. The summed E-state index contributed by atoms with van der Waals surface area (Å²) in [4.78, 5) is 11.5. The lowest BCUT2D eigenvalue weighted by atomic mass is 10.2. The van der Waals surface area contributed by atoms with Gasteiger partial charge in [-0.2, -0.15) is 0 Å². The molecule has 0 radical (unpaired) electrons. The molecule has 1 aromatic carbocycles. The van der Waals surface area contributed by atoms with E-state index in [2.05, 4.69) is 10.6 Å². The monoisotopic (exact) mass is 322 g/mol. The zero-order chi connectivity index (χ0) is 13.2. The van der Waals surface area contributed by atoms with Crippen molar-refractivity contribution in [2.75, 3.05) is 25.9 Å². The molecule has 0 aliphatic rings. The SMILES string of the molecule is CNCCCNC(=O)CSCc1ccc(Cl)cc1.Cl. The Morgan fingerprint density at radius 3 is 2.58 bits per heavy atom. The maximum atomic E-state index is 11.5. The normalized spacial score (nSPS) is 9.79. The minimum atomic E-state index is 0. The Morgan fingerprint density at radius 2 is 1.95 bits per heavy atom. The minimum Gasteiger partial charge on any atom is -0.355 e. The minimum absolute atomic E-state index is 0. The van der Waals surface area contributed by atoms with Gasteiger partial charge in [-0.15, -0.1) is 24.2 Å². The molecule has 1 amide bonds. The topological polar surface area (TPSA) is 41.1 Å². The molecule has 0 saturated carbocycles. The van der Waals surface area contributed by atoms with Crippen LogP contribution in [0.15, 0.2) is 24.3 Å². The molecular formula is C13H20Cl2N2OS. The van der Waals surface area contributed by atoms with Crippen LogP contribution in [0.3, 0.4) is 0 Å². The summed E-state index contributed by atoms with van der Waals surface area (Å²) in [6.07, 6.45) is 0.962. The first-order valence-electron chi connectivity index (χ1n) is 5.96. The second kappa shape index (κ2) is 11.4. The summed E-state index contributed by atoms with van der Waals surface area (Å²) in [7, 11) is 1.91. The first-order chi connectivity index (χ1) is 8.72. The van der Waals surface area contributed by atoms with E-state index in [1.54, 1.807) is 11.8 Å². The highest BCUT2D eigenvalue weighted by atomic mass is 35.5. The Hall–Kier alpha value is -0.420. The van der Waals surface area contributed by atoms with E-state index >= 15 is 0 Å². The summed E-state index contributed by atoms with van der Waals surface area (Å²) in [5.74, 6) is 1.44. The molecule has 1 rings (SSSR count). The van der Waals surface area contributed by atoms with Crippen molar-refractivity contribution in [3.05, 3.63) is 34.9 Å². The van der Waals surface area contributed by atoms with Gasteiger partial charge >= 0.3 is 0 Å². The van der Waals surface area contributed by atoms with Crippen LogP contribution in [0.4, 0.5) is 0 Å². The van der Waals surface area contributed by atoms with E-state index in [0.29, 0.717) is 5.75 Å². The molecule has 6 heteroatoms. The van der Waals surface area contributed by atoms with Gasteiger partial charge in [0.05, 0.1) is 5.75 Å². The van der Waals surface area contributed by atoms with Crippen molar-refractivity contribution in [2.24, 2.45) is 0 Å². The van der Waals surface area contributed by atoms with Gasteiger partial charge in [-0.25, -0.2) is 0 Å². The largest absolute Gasteiger partial charge is 0.355 e. The number of nitrogens with one attached hydrogen (secondary N) is 2. The Kier molecular flexibility index (Phi) is 11.2. The molecule has 0 fully saturated rings. The lowest BCUT2D eigenvalue weighted by Gasteiger charge is -2.05. The van der Waals surface area contributed by atoms with Crippen LogP contribution in [0, 0.1) is 0 Å². The van der Waals surface area contributed by atoms with Crippen LogP contribution in [0.25, 0.3) is 0 Å². The summed E-state index contributed by atoms with van der Waals surface area (Å²) in [6.45, 7) is 1.67. The molecule has 0 saturated heterocycles. The quantitative estimate of drug-likeness (QED) is 0.723. The highest BCUT2D eigenvalue weighted by molar-refractivity contribution is 7.99. The van der Waals surface area contributed by atoms with Crippen LogP contribution < -0.4 is 10.6 Å². The van der Waals surface area contributed by atoms with Crippen LogP contribution in [-0.2, 0) is 10.5 Å². The summed E-state index contributed by atoms with van der Waals surface area (Å²) < 4.78 is 0. The number of carbonyl (C=O) groups excluding carboxylic acids is 1. The van der Waals surface area contributed by atoms with E-state index in [0.717, 1.165) is 30.3 Å². The van der Waals surface area contributed by atoms with Gasteiger partial charge in [-0.1, -0.05) is 23.7 Å². The van der Waals surface area contributed by atoms with Gasteiger partial charge in [0.25, 0.3) is 0 Å². The van der Waals surface area contributed by atoms with Gasteiger partial charge in [0.2, 0.25) is 5.91 Å². The zero-order valence-electron chi connectivity index (χ0n) is 10.9. The predicted octanol–water partition coefficient (Wildman–Crippen LogP) is 2.72. The number of rotatable bonds is 8. The van der Waals surface area contributed by atoms with Crippen LogP contribution in [0.5, 0.6) is 0 Å². The molecule has 0 aliphatic heterocycles. The molecule has 0 aliphatic carbocycles. The van der Waals surface area contributed by atoms with Gasteiger partial charge in [0, 0.05) is 17.3 Å². The fraction of sp³-hybridized carbons (Fsp3) is 0.462. The fourth-order valence-corrected chi connectivity index (χ4v) is 2.33. The molecule has 3 nitrogen and oxygen atoms in total. The van der Waals surface area contributed by atoms with E-state index in [4.69, 9.17) is 11.6 Å². The Bertz CT molecular complexity index is 360. The number of hydrogen-bond donors (Lipinski definition) is 2. The highest BCUT2D eigenvalue weighted by Gasteiger charge is 2.01. The molecule has 0 spiro atoms. The van der Waals surface area contributed by atoms with E-state index < -0.39 is 0 Å². The number of amides is 1. The molecule has 2 N–H and O–H groups in total. The fourth-order valence-electron chi connectivity index (χ4n) is 1.39. The van der Waals surface area contributed by atoms with E-state index in [1.165, 1.54) is 5.56 Å². The van der Waals surface area contributed by atoms with Gasteiger partial charge < -0.3 is 10.6 Å². The third-order valence-corrected chi connectivity index (χ3v) is 3.60. The van der Waals surface area contributed by atoms with Gasteiger partial charge in [0.15, 0.2) is 0 Å². The summed E-state index contributed by atoms with van der Waals surface area (Å²) in [5.41, 5.74) is 1.19. The van der Waals surface area contributed by atoms with Crippen molar-refractivity contribution in [3.8, 4) is 0 Å². The van der Waals surface area contributed by atoms with Crippen molar-refractivity contribution < 1.29 is 4.79 Å². The third-order valence-electron chi connectivity index (χ3n) is 2.34. The molecule has 19 heavy (non-hydrogen) atoms. The number of benzene rings is 1. The first-order valence-corrected chi connectivity index (χ1v) is 7.49. The number of thioether (sulfide) groups is 1. The van der Waals surface area contributed by atoms with Crippen molar-refractivity contribution >= 4 is 41.7 Å². The Morgan fingerprint density at radius 1 is 1.26 bits per heavy atom. The predicted molar refractivity (Wildman–Crippen MR) is 86.4 cm³/mol. The van der Waals surface area contributed by atoms with Crippen molar-refractivity contribution in [2.45, 2.75) is 12.2 Å². The molecule has 108 valence electrons.